The van der Waals surface area contributed by atoms with Crippen molar-refractivity contribution < 1.29 is 4.79 Å². The summed E-state index contributed by atoms with van der Waals surface area (Å²) in [6.07, 6.45) is 3.34. The van der Waals surface area contributed by atoms with Gasteiger partial charge in [0.1, 0.15) is 0 Å². The van der Waals surface area contributed by atoms with E-state index in [0.717, 1.165) is 25.1 Å². The number of piperidine rings is 1. The molecule has 1 fully saturated rings. The molecule has 0 spiro atoms. The average molecular weight is 246 g/mol. The highest BCUT2D eigenvalue weighted by molar-refractivity contribution is 5.96. The van der Waals surface area contributed by atoms with Gasteiger partial charge in [0.2, 0.25) is 5.91 Å². The highest BCUT2D eigenvalue weighted by Crippen LogP contribution is 2.20. The maximum absolute atomic E-state index is 12.5. The van der Waals surface area contributed by atoms with Gasteiger partial charge in [0.25, 0.3) is 0 Å². The molecule has 1 atom stereocenters. The van der Waals surface area contributed by atoms with Crippen LogP contribution in [0.5, 0.6) is 0 Å². The standard InChI is InChI=1S/C15H22N2O/c1-12-7-9-13(10-8-12)17(3)15(18)14-6-4-5-11-16(14)2/h7-10,14H,4-6,11H2,1-3H3/t14-/m0/s1. The second-order valence-electron chi connectivity index (χ2n) is 5.22. The number of carbonyl (C=O) groups is 1. The number of aryl methyl sites for hydroxylation is 1. The van der Waals surface area contributed by atoms with Crippen molar-refractivity contribution >= 4 is 11.6 Å². The van der Waals surface area contributed by atoms with Crippen LogP contribution in [0.4, 0.5) is 5.69 Å². The van der Waals surface area contributed by atoms with E-state index in [0.29, 0.717) is 0 Å². The molecule has 0 bridgehead atoms. The van der Waals surface area contributed by atoms with Crippen molar-refractivity contribution in [3.63, 3.8) is 0 Å². The summed E-state index contributed by atoms with van der Waals surface area (Å²) in [6, 6.07) is 8.16. The summed E-state index contributed by atoms with van der Waals surface area (Å²) in [5.74, 6) is 0.209. The quantitative estimate of drug-likeness (QED) is 0.800. The molecule has 3 nitrogen and oxygen atoms in total. The van der Waals surface area contributed by atoms with Crippen LogP contribution >= 0.6 is 0 Å². The fourth-order valence-corrected chi connectivity index (χ4v) is 2.51. The van der Waals surface area contributed by atoms with E-state index < -0.39 is 0 Å². The molecule has 0 saturated carbocycles. The van der Waals surface area contributed by atoms with Gasteiger partial charge in [-0.1, -0.05) is 24.1 Å². The summed E-state index contributed by atoms with van der Waals surface area (Å²) in [4.78, 5) is 16.4. The lowest BCUT2D eigenvalue weighted by Gasteiger charge is -2.34. The summed E-state index contributed by atoms with van der Waals surface area (Å²) >= 11 is 0. The van der Waals surface area contributed by atoms with Gasteiger partial charge in [0, 0.05) is 12.7 Å². The normalized spacial score (nSPS) is 20.7. The number of hydrogen-bond acceptors (Lipinski definition) is 2. The molecule has 1 aromatic carbocycles. The Balaban J connectivity index is 2.10. The van der Waals surface area contributed by atoms with Crippen LogP contribution in [0.1, 0.15) is 24.8 Å². The zero-order valence-electron chi connectivity index (χ0n) is 11.5. The average Bonchev–Trinajstić information content (AvgIpc) is 2.38. The fourth-order valence-electron chi connectivity index (χ4n) is 2.51. The van der Waals surface area contributed by atoms with Gasteiger partial charge < -0.3 is 4.90 Å². The number of likely N-dealkylation sites (N-methyl/N-ethyl adjacent to an activating group) is 2. The van der Waals surface area contributed by atoms with Gasteiger partial charge in [-0.15, -0.1) is 0 Å². The summed E-state index contributed by atoms with van der Waals surface area (Å²) < 4.78 is 0. The smallest absolute Gasteiger partial charge is 0.244 e. The van der Waals surface area contributed by atoms with E-state index in [1.54, 1.807) is 4.90 Å². The number of amides is 1. The number of benzene rings is 1. The van der Waals surface area contributed by atoms with Crippen LogP contribution in [0.25, 0.3) is 0 Å². The predicted octanol–water partition coefficient (Wildman–Crippen LogP) is 2.44. The van der Waals surface area contributed by atoms with Crippen molar-refractivity contribution in [2.75, 3.05) is 25.5 Å². The third-order valence-corrected chi connectivity index (χ3v) is 3.81. The Morgan fingerprint density at radius 3 is 2.56 bits per heavy atom. The molecular formula is C15H22N2O. The van der Waals surface area contributed by atoms with Crippen molar-refractivity contribution in [3.05, 3.63) is 29.8 Å². The lowest BCUT2D eigenvalue weighted by atomic mass is 10.0. The molecule has 0 N–H and O–H groups in total. The number of nitrogens with zero attached hydrogens (tertiary/aromatic N) is 2. The number of hydrogen-bond donors (Lipinski definition) is 0. The van der Waals surface area contributed by atoms with Gasteiger partial charge in [-0.2, -0.15) is 0 Å². The van der Waals surface area contributed by atoms with Crippen molar-refractivity contribution in [2.24, 2.45) is 0 Å². The topological polar surface area (TPSA) is 23.6 Å². The van der Waals surface area contributed by atoms with Crippen LogP contribution in [0.15, 0.2) is 24.3 Å². The minimum atomic E-state index is 0.0463. The first-order valence-corrected chi connectivity index (χ1v) is 6.64. The largest absolute Gasteiger partial charge is 0.314 e. The predicted molar refractivity (Wildman–Crippen MR) is 74.9 cm³/mol. The lowest BCUT2D eigenvalue weighted by Crippen LogP contribution is -2.48. The van der Waals surface area contributed by atoms with Crippen LogP contribution in [-0.2, 0) is 4.79 Å². The number of rotatable bonds is 2. The molecule has 0 radical (unpaired) electrons. The van der Waals surface area contributed by atoms with Crippen LogP contribution in [0, 0.1) is 6.92 Å². The van der Waals surface area contributed by atoms with Gasteiger partial charge in [-0.25, -0.2) is 0 Å². The molecule has 3 heteroatoms. The van der Waals surface area contributed by atoms with E-state index in [9.17, 15) is 4.79 Å². The molecule has 1 aromatic rings. The van der Waals surface area contributed by atoms with E-state index in [2.05, 4.69) is 11.8 Å². The molecule has 0 aromatic heterocycles. The molecule has 0 aliphatic carbocycles. The minimum Gasteiger partial charge on any atom is -0.314 e. The van der Waals surface area contributed by atoms with Crippen LogP contribution in [0.2, 0.25) is 0 Å². The lowest BCUT2D eigenvalue weighted by molar-refractivity contribution is -0.124. The Morgan fingerprint density at radius 2 is 1.94 bits per heavy atom. The first kappa shape index (κ1) is 13.1. The molecule has 98 valence electrons. The summed E-state index contributed by atoms with van der Waals surface area (Å²) in [5, 5.41) is 0. The van der Waals surface area contributed by atoms with Crippen molar-refractivity contribution in [3.8, 4) is 0 Å². The summed E-state index contributed by atoms with van der Waals surface area (Å²) in [7, 11) is 3.92. The first-order chi connectivity index (χ1) is 8.59. The van der Waals surface area contributed by atoms with E-state index in [-0.39, 0.29) is 11.9 Å². The van der Waals surface area contributed by atoms with E-state index in [4.69, 9.17) is 0 Å². The third-order valence-electron chi connectivity index (χ3n) is 3.81. The zero-order valence-corrected chi connectivity index (χ0v) is 11.5. The van der Waals surface area contributed by atoms with E-state index in [1.165, 1.54) is 12.0 Å². The number of likely N-dealkylation sites (tertiary alicyclic amines) is 1. The van der Waals surface area contributed by atoms with Gasteiger partial charge >= 0.3 is 0 Å². The van der Waals surface area contributed by atoms with Crippen molar-refractivity contribution in [1.29, 1.82) is 0 Å². The third kappa shape index (κ3) is 2.72. The molecule has 2 rings (SSSR count). The fraction of sp³-hybridized carbons (Fsp3) is 0.533. The molecule has 1 heterocycles. The highest BCUT2D eigenvalue weighted by atomic mass is 16.2. The number of anilines is 1. The van der Waals surface area contributed by atoms with Crippen molar-refractivity contribution in [1.82, 2.24) is 4.90 Å². The molecule has 1 amide bonds. The monoisotopic (exact) mass is 246 g/mol. The molecular weight excluding hydrogens is 224 g/mol. The minimum absolute atomic E-state index is 0.0463. The van der Waals surface area contributed by atoms with Crippen molar-refractivity contribution in [2.45, 2.75) is 32.2 Å². The highest BCUT2D eigenvalue weighted by Gasteiger charge is 2.28. The second kappa shape index (κ2) is 5.53. The molecule has 1 aliphatic rings. The van der Waals surface area contributed by atoms with E-state index in [1.807, 2.05) is 38.4 Å². The Bertz CT molecular complexity index is 413. The van der Waals surface area contributed by atoms with Gasteiger partial charge in [-0.3, -0.25) is 9.69 Å². The Morgan fingerprint density at radius 1 is 1.28 bits per heavy atom. The maximum atomic E-state index is 12.5. The summed E-state index contributed by atoms with van der Waals surface area (Å²) in [6.45, 7) is 3.08. The maximum Gasteiger partial charge on any atom is 0.244 e. The number of carbonyl (C=O) groups excluding carboxylic acids is 1. The van der Waals surface area contributed by atoms with Crippen LogP contribution < -0.4 is 4.90 Å². The van der Waals surface area contributed by atoms with Gasteiger partial charge in [0.15, 0.2) is 0 Å². The second-order valence-corrected chi connectivity index (χ2v) is 5.22. The Kier molecular flexibility index (Phi) is 4.02. The van der Waals surface area contributed by atoms with Gasteiger partial charge in [-0.05, 0) is 45.5 Å². The van der Waals surface area contributed by atoms with E-state index >= 15 is 0 Å². The Labute approximate surface area is 109 Å². The Hall–Kier alpha value is -1.35. The van der Waals surface area contributed by atoms with Crippen LogP contribution in [0.3, 0.4) is 0 Å². The summed E-state index contributed by atoms with van der Waals surface area (Å²) in [5.41, 5.74) is 2.19. The molecule has 0 unspecified atom stereocenters. The van der Waals surface area contributed by atoms with Crippen LogP contribution in [-0.4, -0.2) is 37.5 Å². The molecule has 18 heavy (non-hydrogen) atoms. The first-order valence-electron chi connectivity index (χ1n) is 6.64. The molecule has 1 saturated heterocycles. The molecule has 1 aliphatic heterocycles. The zero-order chi connectivity index (χ0) is 13.1. The van der Waals surface area contributed by atoms with Gasteiger partial charge in [0.05, 0.1) is 6.04 Å². The SMILES string of the molecule is Cc1ccc(N(C)C(=O)[C@@H]2CCCCN2C)cc1.